The minimum absolute atomic E-state index is 0.268. The summed E-state index contributed by atoms with van der Waals surface area (Å²) in [7, 11) is 4.64. The summed E-state index contributed by atoms with van der Waals surface area (Å²) in [4.78, 5) is 12.3. The fraction of sp³-hybridized carbons (Fsp3) is 0.200. The van der Waals surface area contributed by atoms with Gasteiger partial charge in [-0.1, -0.05) is 40.2 Å². The first kappa shape index (κ1) is 19.0. The molecule has 7 heteroatoms. The highest BCUT2D eigenvalue weighted by atomic mass is 79.9. The Kier molecular flexibility index (Phi) is 5.81. The van der Waals surface area contributed by atoms with Crippen LogP contribution in [0.4, 0.5) is 0 Å². The summed E-state index contributed by atoms with van der Waals surface area (Å²) in [6, 6.07) is 15.2. The number of esters is 1. The third-order valence-electron chi connectivity index (χ3n) is 4.04. The van der Waals surface area contributed by atoms with Gasteiger partial charge < -0.3 is 14.2 Å². The molecular formula is C20H19BrN2O4. The van der Waals surface area contributed by atoms with Crippen molar-refractivity contribution in [3.05, 3.63) is 64.3 Å². The van der Waals surface area contributed by atoms with E-state index in [1.165, 1.54) is 11.8 Å². The highest BCUT2D eigenvalue weighted by Crippen LogP contribution is 2.34. The lowest BCUT2D eigenvalue weighted by Gasteiger charge is -2.09. The first-order valence-corrected chi connectivity index (χ1v) is 8.99. The molecule has 1 heterocycles. The lowest BCUT2D eigenvalue weighted by molar-refractivity contribution is 0.0583. The maximum absolute atomic E-state index is 12.3. The van der Waals surface area contributed by atoms with Crippen LogP contribution in [0.2, 0.25) is 0 Å². The van der Waals surface area contributed by atoms with E-state index in [1.807, 2.05) is 48.5 Å². The van der Waals surface area contributed by atoms with Gasteiger partial charge in [0.2, 0.25) is 0 Å². The minimum atomic E-state index is -0.502. The van der Waals surface area contributed by atoms with Gasteiger partial charge in [0.1, 0.15) is 18.1 Å². The fourth-order valence-electron chi connectivity index (χ4n) is 2.64. The van der Waals surface area contributed by atoms with Gasteiger partial charge in [-0.25, -0.2) is 4.79 Å². The van der Waals surface area contributed by atoms with Gasteiger partial charge in [0.15, 0.2) is 11.4 Å². The zero-order valence-corrected chi connectivity index (χ0v) is 16.8. The molecule has 0 aliphatic heterocycles. The zero-order valence-electron chi connectivity index (χ0n) is 15.2. The summed E-state index contributed by atoms with van der Waals surface area (Å²) in [6.07, 6.45) is 0. The number of hydrogen-bond donors (Lipinski definition) is 0. The molecule has 0 amide bonds. The number of hydrogen-bond acceptors (Lipinski definition) is 5. The van der Waals surface area contributed by atoms with Crippen molar-refractivity contribution >= 4 is 21.9 Å². The predicted octanol–water partition coefficient (Wildman–Crippen LogP) is 4.22. The van der Waals surface area contributed by atoms with Crippen LogP contribution in [0.5, 0.6) is 11.5 Å². The number of rotatable bonds is 6. The van der Waals surface area contributed by atoms with Gasteiger partial charge in [-0.2, -0.15) is 5.10 Å². The van der Waals surface area contributed by atoms with Crippen LogP contribution in [0.3, 0.4) is 0 Å². The standard InChI is InChI=1S/C20H19BrN2O4/c1-23-18(20(24)26-3)19(17(22-23)14-6-8-15(21)9-7-14)27-12-13-4-10-16(25-2)11-5-13/h4-11H,12H2,1-3H3. The lowest BCUT2D eigenvalue weighted by atomic mass is 10.1. The van der Waals surface area contributed by atoms with E-state index < -0.39 is 5.97 Å². The van der Waals surface area contributed by atoms with E-state index in [4.69, 9.17) is 14.2 Å². The van der Waals surface area contributed by atoms with E-state index in [-0.39, 0.29) is 12.3 Å². The third-order valence-corrected chi connectivity index (χ3v) is 4.57. The Morgan fingerprint density at radius 2 is 1.74 bits per heavy atom. The van der Waals surface area contributed by atoms with Crippen LogP contribution in [-0.4, -0.2) is 30.0 Å². The maximum Gasteiger partial charge on any atom is 0.360 e. The Labute approximate surface area is 165 Å². The molecule has 1 aromatic heterocycles. The van der Waals surface area contributed by atoms with Crippen LogP contribution < -0.4 is 9.47 Å². The largest absolute Gasteiger partial charge is 0.497 e. The van der Waals surface area contributed by atoms with Crippen molar-refractivity contribution in [2.75, 3.05) is 14.2 Å². The van der Waals surface area contributed by atoms with Crippen molar-refractivity contribution in [2.45, 2.75) is 6.61 Å². The molecule has 6 nitrogen and oxygen atoms in total. The number of nitrogens with zero attached hydrogens (tertiary/aromatic N) is 2. The fourth-order valence-corrected chi connectivity index (χ4v) is 2.90. The third kappa shape index (κ3) is 4.14. The Morgan fingerprint density at radius 3 is 2.33 bits per heavy atom. The number of methoxy groups -OCH3 is 2. The van der Waals surface area contributed by atoms with Crippen LogP contribution in [0.25, 0.3) is 11.3 Å². The van der Waals surface area contributed by atoms with Crippen molar-refractivity contribution in [1.29, 1.82) is 0 Å². The molecule has 0 fully saturated rings. The van der Waals surface area contributed by atoms with Crippen molar-refractivity contribution in [1.82, 2.24) is 9.78 Å². The van der Waals surface area contributed by atoms with Crippen LogP contribution in [0, 0.1) is 0 Å². The monoisotopic (exact) mass is 430 g/mol. The van der Waals surface area contributed by atoms with Crippen LogP contribution in [0.15, 0.2) is 53.0 Å². The molecule has 0 saturated carbocycles. The van der Waals surface area contributed by atoms with Gasteiger partial charge in [0.05, 0.1) is 14.2 Å². The number of carbonyl (C=O) groups excluding carboxylic acids is 1. The summed E-state index contributed by atoms with van der Waals surface area (Å²) < 4.78 is 18.5. The molecule has 0 unspecified atom stereocenters. The topological polar surface area (TPSA) is 62.6 Å². The number of ether oxygens (including phenoxy) is 3. The second-order valence-electron chi connectivity index (χ2n) is 5.79. The molecule has 140 valence electrons. The van der Waals surface area contributed by atoms with Crippen molar-refractivity contribution in [2.24, 2.45) is 7.05 Å². The van der Waals surface area contributed by atoms with Crippen LogP contribution in [0.1, 0.15) is 16.1 Å². The zero-order chi connectivity index (χ0) is 19.4. The first-order valence-electron chi connectivity index (χ1n) is 8.20. The summed E-state index contributed by atoms with van der Waals surface area (Å²) in [5.41, 5.74) is 2.63. The molecule has 0 saturated heterocycles. The molecule has 0 atom stereocenters. The highest BCUT2D eigenvalue weighted by Gasteiger charge is 2.25. The quantitative estimate of drug-likeness (QED) is 0.547. The van der Waals surface area contributed by atoms with Crippen molar-refractivity contribution in [3.8, 4) is 22.8 Å². The molecule has 3 rings (SSSR count). The second kappa shape index (κ2) is 8.26. The SMILES string of the molecule is COC(=O)c1c(OCc2ccc(OC)cc2)c(-c2ccc(Br)cc2)nn1C. The molecule has 2 aromatic carbocycles. The number of aromatic nitrogens is 2. The minimum Gasteiger partial charge on any atom is -0.497 e. The molecule has 0 aliphatic carbocycles. The van der Waals surface area contributed by atoms with E-state index >= 15 is 0 Å². The highest BCUT2D eigenvalue weighted by molar-refractivity contribution is 9.10. The molecule has 0 spiro atoms. The summed E-state index contributed by atoms with van der Waals surface area (Å²) in [6.45, 7) is 0.281. The molecule has 3 aromatic rings. The van der Waals surface area contributed by atoms with Crippen LogP contribution >= 0.6 is 15.9 Å². The van der Waals surface area contributed by atoms with Crippen molar-refractivity contribution in [3.63, 3.8) is 0 Å². The van der Waals surface area contributed by atoms with E-state index in [0.717, 1.165) is 21.3 Å². The van der Waals surface area contributed by atoms with Gasteiger partial charge in [-0.15, -0.1) is 0 Å². The molecular weight excluding hydrogens is 412 g/mol. The Morgan fingerprint density at radius 1 is 1.07 bits per heavy atom. The Hall–Kier alpha value is -2.80. The van der Waals surface area contributed by atoms with E-state index in [9.17, 15) is 4.79 Å². The van der Waals surface area contributed by atoms with E-state index in [1.54, 1.807) is 14.2 Å². The number of halogens is 1. The average Bonchev–Trinajstić information content (AvgIpc) is 3.03. The normalized spacial score (nSPS) is 10.5. The van der Waals surface area contributed by atoms with Crippen molar-refractivity contribution < 1.29 is 19.0 Å². The summed E-state index contributed by atoms with van der Waals surface area (Å²) in [5.74, 6) is 0.659. The predicted molar refractivity (Wildman–Crippen MR) is 105 cm³/mol. The average molecular weight is 431 g/mol. The summed E-state index contributed by atoms with van der Waals surface area (Å²) >= 11 is 3.42. The van der Waals surface area contributed by atoms with E-state index in [0.29, 0.717) is 11.4 Å². The van der Waals surface area contributed by atoms with Gasteiger partial charge in [0, 0.05) is 17.1 Å². The maximum atomic E-state index is 12.3. The first-order chi connectivity index (χ1) is 13.0. The van der Waals surface area contributed by atoms with Gasteiger partial charge >= 0.3 is 5.97 Å². The molecule has 0 aliphatic rings. The van der Waals surface area contributed by atoms with E-state index in [2.05, 4.69) is 21.0 Å². The molecule has 0 bridgehead atoms. The molecule has 0 N–H and O–H groups in total. The summed E-state index contributed by atoms with van der Waals surface area (Å²) in [5, 5.41) is 4.47. The Balaban J connectivity index is 1.97. The molecule has 0 radical (unpaired) electrons. The lowest BCUT2D eigenvalue weighted by Crippen LogP contribution is -2.10. The van der Waals surface area contributed by atoms with Gasteiger partial charge in [-0.3, -0.25) is 4.68 Å². The smallest absolute Gasteiger partial charge is 0.360 e. The van der Waals surface area contributed by atoms with Gasteiger partial charge in [0.25, 0.3) is 0 Å². The Bertz CT molecular complexity index is 934. The number of benzene rings is 2. The van der Waals surface area contributed by atoms with Crippen LogP contribution in [-0.2, 0) is 18.4 Å². The second-order valence-corrected chi connectivity index (χ2v) is 6.70. The number of carbonyl (C=O) groups is 1. The van der Waals surface area contributed by atoms with Gasteiger partial charge in [-0.05, 0) is 29.8 Å². The number of aryl methyl sites for hydroxylation is 1. The molecule has 27 heavy (non-hydrogen) atoms.